The van der Waals surface area contributed by atoms with Crippen LogP contribution in [0.25, 0.3) is 22.2 Å². The molecule has 0 unspecified atom stereocenters. The van der Waals surface area contributed by atoms with Gasteiger partial charge in [-0.05, 0) is 42.2 Å². The molecule has 12 heteroatoms. The molecule has 1 aliphatic heterocycles. The zero-order valence-electron chi connectivity index (χ0n) is 20.7. The van der Waals surface area contributed by atoms with Gasteiger partial charge < -0.3 is 10.6 Å². The largest absolute Gasteiger partial charge is 0.341 e. The van der Waals surface area contributed by atoms with Crippen LogP contribution in [-0.2, 0) is 20.1 Å². The van der Waals surface area contributed by atoms with Gasteiger partial charge in [-0.25, -0.2) is 4.79 Å². The lowest BCUT2D eigenvalue weighted by atomic mass is 10.1. The van der Waals surface area contributed by atoms with Crippen LogP contribution < -0.4 is 21.9 Å². The van der Waals surface area contributed by atoms with Gasteiger partial charge in [0.1, 0.15) is 11.0 Å². The number of hydrogen-bond acceptors (Lipinski definition) is 9. The SMILES string of the molecule is Cn1c(=O)n(Cc2ccc3nsnc3c2)c(=O)c2c1nc(N1CCC[C@@H](N)C1)n2Cc1ccccc1C#N. The summed E-state index contributed by atoms with van der Waals surface area (Å²) in [6, 6.07) is 15.0. The van der Waals surface area contributed by atoms with Crippen LogP contribution in [0.2, 0.25) is 0 Å². The summed E-state index contributed by atoms with van der Waals surface area (Å²) in [6.07, 6.45) is 1.81. The summed E-state index contributed by atoms with van der Waals surface area (Å²) in [5.41, 5.74) is 9.55. The van der Waals surface area contributed by atoms with Crippen LogP contribution in [0.1, 0.15) is 29.5 Å². The van der Waals surface area contributed by atoms with Gasteiger partial charge in [-0.15, -0.1) is 0 Å². The lowest BCUT2D eigenvalue weighted by molar-refractivity contribution is 0.495. The maximum Gasteiger partial charge on any atom is 0.332 e. The summed E-state index contributed by atoms with van der Waals surface area (Å²) in [6.45, 7) is 1.66. The highest BCUT2D eigenvalue weighted by Crippen LogP contribution is 2.25. The van der Waals surface area contributed by atoms with Crippen molar-refractivity contribution in [1.82, 2.24) is 27.4 Å². The van der Waals surface area contributed by atoms with Crippen molar-refractivity contribution in [3.05, 3.63) is 80.0 Å². The predicted molar refractivity (Wildman–Crippen MR) is 145 cm³/mol. The van der Waals surface area contributed by atoms with Crippen molar-refractivity contribution in [3.8, 4) is 6.07 Å². The molecule has 1 saturated heterocycles. The van der Waals surface area contributed by atoms with Gasteiger partial charge in [0.2, 0.25) is 5.95 Å². The third-order valence-corrected chi connectivity index (χ3v) is 7.63. The average Bonchev–Trinajstić information content (AvgIpc) is 3.55. The fourth-order valence-corrected chi connectivity index (χ4v) is 5.65. The van der Waals surface area contributed by atoms with E-state index in [9.17, 15) is 14.9 Å². The second-order valence-electron chi connectivity index (χ2n) is 9.61. The number of nitriles is 1. The summed E-state index contributed by atoms with van der Waals surface area (Å²) < 4.78 is 13.0. The number of aromatic nitrogens is 6. The molecular weight excluding hydrogens is 502 g/mol. The topological polar surface area (TPSA) is 141 Å². The van der Waals surface area contributed by atoms with Crippen LogP contribution in [0.5, 0.6) is 0 Å². The zero-order valence-corrected chi connectivity index (χ0v) is 21.6. The molecule has 1 aliphatic rings. The van der Waals surface area contributed by atoms with Gasteiger partial charge in [-0.1, -0.05) is 24.3 Å². The van der Waals surface area contributed by atoms with E-state index >= 15 is 0 Å². The lowest BCUT2D eigenvalue weighted by Gasteiger charge is -2.32. The summed E-state index contributed by atoms with van der Waals surface area (Å²) in [5.74, 6) is 0.572. The number of imidazole rings is 1. The first-order valence-electron chi connectivity index (χ1n) is 12.3. The predicted octanol–water partition coefficient (Wildman–Crippen LogP) is 1.80. The van der Waals surface area contributed by atoms with Crippen LogP contribution in [0.4, 0.5) is 5.95 Å². The lowest BCUT2D eigenvalue weighted by Crippen LogP contribution is -2.44. The number of anilines is 1. The summed E-state index contributed by atoms with van der Waals surface area (Å²) >= 11 is 1.12. The summed E-state index contributed by atoms with van der Waals surface area (Å²) in [7, 11) is 1.63. The number of rotatable bonds is 5. The number of nitrogens with zero attached hydrogens (tertiary/aromatic N) is 8. The van der Waals surface area contributed by atoms with Crippen molar-refractivity contribution in [2.24, 2.45) is 12.8 Å². The first kappa shape index (κ1) is 24.0. The molecule has 1 fully saturated rings. The van der Waals surface area contributed by atoms with Gasteiger partial charge in [0, 0.05) is 26.2 Å². The van der Waals surface area contributed by atoms with Crippen molar-refractivity contribution in [2.45, 2.75) is 32.0 Å². The number of hydrogen-bond donors (Lipinski definition) is 1. The number of nitrogens with two attached hydrogens (primary N) is 1. The Kier molecular flexibility index (Phi) is 6.01. The van der Waals surface area contributed by atoms with Crippen LogP contribution in [0.15, 0.2) is 52.1 Å². The third kappa shape index (κ3) is 4.06. The highest BCUT2D eigenvalue weighted by Gasteiger charge is 2.27. The molecule has 0 bridgehead atoms. The number of piperidine rings is 1. The second kappa shape index (κ2) is 9.51. The molecule has 0 radical (unpaired) electrons. The van der Waals surface area contributed by atoms with E-state index in [1.54, 1.807) is 13.1 Å². The smallest absolute Gasteiger partial charge is 0.332 e. The van der Waals surface area contributed by atoms with Gasteiger partial charge in [0.15, 0.2) is 11.2 Å². The minimum atomic E-state index is -0.456. The van der Waals surface area contributed by atoms with Crippen molar-refractivity contribution in [2.75, 3.05) is 18.0 Å². The molecule has 0 aliphatic carbocycles. The molecule has 6 rings (SSSR count). The van der Waals surface area contributed by atoms with E-state index in [2.05, 4.69) is 19.7 Å². The molecule has 192 valence electrons. The van der Waals surface area contributed by atoms with E-state index in [1.165, 1.54) is 9.13 Å². The first-order valence-corrected chi connectivity index (χ1v) is 13.1. The molecule has 38 heavy (non-hydrogen) atoms. The quantitative estimate of drug-likeness (QED) is 0.365. The Hall–Kier alpha value is -4.34. The molecule has 0 saturated carbocycles. The van der Waals surface area contributed by atoms with Crippen molar-refractivity contribution in [3.63, 3.8) is 0 Å². The highest BCUT2D eigenvalue weighted by molar-refractivity contribution is 7.00. The van der Waals surface area contributed by atoms with Gasteiger partial charge in [-0.3, -0.25) is 18.5 Å². The molecule has 1 atom stereocenters. The number of fused-ring (bicyclic) bond motifs is 2. The standard InChI is InChI=1S/C26H25N9O2S/c1-32-23-22(24(36)35(26(32)37)13-16-8-9-20-21(11-16)31-38-30-20)34(14-18-6-3-2-5-17(18)12-27)25(29-23)33-10-4-7-19(28)15-33/h2-3,5-6,8-9,11,19H,4,7,10,13-15,28H2,1H3/t19-/m1/s1. The molecule has 0 spiro atoms. The van der Waals surface area contributed by atoms with Crippen molar-refractivity contribution < 1.29 is 0 Å². The first-order chi connectivity index (χ1) is 18.4. The molecule has 0 amide bonds. The minimum absolute atomic E-state index is 0.0148. The van der Waals surface area contributed by atoms with E-state index < -0.39 is 11.2 Å². The maximum absolute atomic E-state index is 14.0. The van der Waals surface area contributed by atoms with Crippen molar-refractivity contribution >= 4 is 39.9 Å². The minimum Gasteiger partial charge on any atom is -0.341 e. The molecule has 11 nitrogen and oxygen atoms in total. The number of aryl methyl sites for hydroxylation is 1. The van der Waals surface area contributed by atoms with E-state index in [0.717, 1.165) is 53.3 Å². The Morgan fingerprint density at radius 1 is 1.11 bits per heavy atom. The second-order valence-corrected chi connectivity index (χ2v) is 10.1. The Morgan fingerprint density at radius 3 is 2.74 bits per heavy atom. The van der Waals surface area contributed by atoms with Crippen LogP contribution in [-0.4, -0.2) is 46.6 Å². The Morgan fingerprint density at radius 2 is 1.92 bits per heavy atom. The molecule has 2 N–H and O–H groups in total. The molecule has 2 aromatic carbocycles. The van der Waals surface area contributed by atoms with Crippen LogP contribution in [0.3, 0.4) is 0 Å². The fourth-order valence-electron chi connectivity index (χ4n) is 5.13. The van der Waals surface area contributed by atoms with Gasteiger partial charge in [-0.2, -0.15) is 19.0 Å². The molecular formula is C26H25N9O2S. The van der Waals surface area contributed by atoms with Crippen molar-refractivity contribution in [1.29, 1.82) is 5.26 Å². The fraction of sp³-hybridized carbons (Fsp3) is 0.308. The highest BCUT2D eigenvalue weighted by atomic mass is 32.1. The van der Waals surface area contributed by atoms with Crippen LogP contribution in [0, 0.1) is 11.3 Å². The average molecular weight is 528 g/mol. The van der Waals surface area contributed by atoms with Gasteiger partial charge in [0.05, 0.1) is 36.5 Å². The molecule has 3 aromatic heterocycles. The number of benzene rings is 2. The van der Waals surface area contributed by atoms with Gasteiger partial charge in [0.25, 0.3) is 5.56 Å². The maximum atomic E-state index is 14.0. The van der Waals surface area contributed by atoms with E-state index in [-0.39, 0.29) is 19.1 Å². The summed E-state index contributed by atoms with van der Waals surface area (Å²) in [5, 5.41) is 9.69. The molecule has 5 aromatic rings. The van der Waals surface area contributed by atoms with Crippen LogP contribution >= 0.6 is 11.7 Å². The Bertz CT molecular complexity index is 1840. The zero-order chi connectivity index (χ0) is 26.4. The summed E-state index contributed by atoms with van der Waals surface area (Å²) in [4.78, 5) is 34.3. The molecule has 4 heterocycles. The third-order valence-electron chi connectivity index (χ3n) is 7.08. The van der Waals surface area contributed by atoms with E-state index in [1.807, 2.05) is 41.0 Å². The monoisotopic (exact) mass is 527 g/mol. The van der Waals surface area contributed by atoms with Gasteiger partial charge >= 0.3 is 5.69 Å². The Balaban J connectivity index is 1.55. The normalized spacial score (nSPS) is 15.8. The Labute approximate surface area is 221 Å². The van der Waals surface area contributed by atoms with E-state index in [0.29, 0.717) is 29.2 Å². The van der Waals surface area contributed by atoms with E-state index in [4.69, 9.17) is 10.7 Å².